The molecule has 0 aliphatic carbocycles. The third-order valence-electron chi connectivity index (χ3n) is 2.09. The van der Waals surface area contributed by atoms with Gasteiger partial charge in [0.05, 0.1) is 24.3 Å². The summed E-state index contributed by atoms with van der Waals surface area (Å²) in [6, 6.07) is 0.153. The largest absolute Gasteiger partial charge is 0.311 e. The molecule has 0 amide bonds. The number of likely N-dealkylation sites (N-methyl/N-ethyl adjacent to an activating group) is 1. The normalized spacial score (nSPS) is 12.9. The Kier molecular flexibility index (Phi) is 3.02. The summed E-state index contributed by atoms with van der Waals surface area (Å²) in [6.45, 7) is 0. The smallest absolute Gasteiger partial charge is 0.176 e. The standard InChI is InChI=1S/C8H12N6S/c1-9-6(7-4-15-5-10-7)3-8-11-13-14(2)12-8/h4-6,9H,3H2,1-2H3. The second-order valence-electron chi connectivity index (χ2n) is 3.15. The van der Waals surface area contributed by atoms with E-state index in [1.54, 1.807) is 18.4 Å². The van der Waals surface area contributed by atoms with Crippen LogP contribution in [0.5, 0.6) is 0 Å². The highest BCUT2D eigenvalue weighted by atomic mass is 32.1. The average molecular weight is 224 g/mol. The quantitative estimate of drug-likeness (QED) is 0.801. The lowest BCUT2D eigenvalue weighted by Gasteiger charge is -2.10. The number of nitrogens with one attached hydrogen (secondary N) is 1. The molecule has 80 valence electrons. The number of thiazole rings is 1. The summed E-state index contributed by atoms with van der Waals surface area (Å²) in [7, 11) is 3.66. The number of rotatable bonds is 4. The van der Waals surface area contributed by atoms with Gasteiger partial charge in [0.25, 0.3) is 0 Å². The van der Waals surface area contributed by atoms with Gasteiger partial charge in [0.2, 0.25) is 0 Å². The van der Waals surface area contributed by atoms with E-state index in [1.807, 2.05) is 17.9 Å². The Balaban J connectivity index is 2.09. The number of aryl methyl sites for hydroxylation is 1. The van der Waals surface area contributed by atoms with E-state index >= 15 is 0 Å². The molecule has 1 unspecified atom stereocenters. The van der Waals surface area contributed by atoms with Crippen molar-refractivity contribution in [2.24, 2.45) is 7.05 Å². The minimum Gasteiger partial charge on any atom is -0.311 e. The van der Waals surface area contributed by atoms with Gasteiger partial charge in [-0.1, -0.05) is 0 Å². The van der Waals surface area contributed by atoms with E-state index in [9.17, 15) is 0 Å². The lowest BCUT2D eigenvalue weighted by atomic mass is 10.1. The fourth-order valence-corrected chi connectivity index (χ4v) is 1.94. The maximum Gasteiger partial charge on any atom is 0.176 e. The average Bonchev–Trinajstić information content (AvgIpc) is 2.85. The second-order valence-corrected chi connectivity index (χ2v) is 3.87. The third kappa shape index (κ3) is 2.37. The van der Waals surface area contributed by atoms with Gasteiger partial charge in [0.1, 0.15) is 0 Å². The number of hydrogen-bond donors (Lipinski definition) is 1. The first-order valence-electron chi connectivity index (χ1n) is 4.58. The summed E-state index contributed by atoms with van der Waals surface area (Å²) >= 11 is 1.59. The van der Waals surface area contributed by atoms with Crippen molar-refractivity contribution in [1.82, 2.24) is 30.5 Å². The summed E-state index contributed by atoms with van der Waals surface area (Å²) in [6.07, 6.45) is 0.702. The van der Waals surface area contributed by atoms with Crippen LogP contribution >= 0.6 is 11.3 Å². The molecule has 0 saturated carbocycles. The van der Waals surface area contributed by atoms with Crippen molar-refractivity contribution < 1.29 is 0 Å². The van der Waals surface area contributed by atoms with E-state index in [2.05, 4.69) is 25.7 Å². The van der Waals surface area contributed by atoms with Crippen LogP contribution in [0.4, 0.5) is 0 Å². The predicted molar refractivity (Wildman–Crippen MR) is 56.4 cm³/mol. The summed E-state index contributed by atoms with van der Waals surface area (Å²) in [5.74, 6) is 0.727. The van der Waals surface area contributed by atoms with Crippen LogP contribution in [0.1, 0.15) is 17.6 Å². The van der Waals surface area contributed by atoms with Gasteiger partial charge in [-0.2, -0.15) is 4.80 Å². The molecule has 0 bridgehead atoms. The van der Waals surface area contributed by atoms with Crippen molar-refractivity contribution in [1.29, 1.82) is 0 Å². The summed E-state index contributed by atoms with van der Waals surface area (Å²) < 4.78 is 0. The maximum atomic E-state index is 4.26. The van der Waals surface area contributed by atoms with E-state index in [4.69, 9.17) is 0 Å². The Bertz CT molecular complexity index is 408. The number of tetrazole rings is 1. The topological polar surface area (TPSA) is 68.5 Å². The highest BCUT2D eigenvalue weighted by Gasteiger charge is 2.14. The Morgan fingerprint density at radius 2 is 2.47 bits per heavy atom. The van der Waals surface area contributed by atoms with Crippen LogP contribution in [-0.2, 0) is 13.5 Å². The maximum absolute atomic E-state index is 4.26. The fraction of sp³-hybridized carbons (Fsp3) is 0.500. The predicted octanol–water partition coefficient (Wildman–Crippen LogP) is 0.170. The molecule has 0 saturated heterocycles. The fourth-order valence-electron chi connectivity index (χ4n) is 1.34. The van der Waals surface area contributed by atoms with Crippen LogP contribution in [-0.4, -0.2) is 32.2 Å². The lowest BCUT2D eigenvalue weighted by molar-refractivity contribution is 0.559. The molecule has 0 spiro atoms. The summed E-state index contributed by atoms with van der Waals surface area (Å²) in [4.78, 5) is 5.73. The lowest BCUT2D eigenvalue weighted by Crippen LogP contribution is -2.19. The molecule has 0 radical (unpaired) electrons. The number of hydrogen-bond acceptors (Lipinski definition) is 6. The minimum atomic E-state index is 0.153. The SMILES string of the molecule is CNC(Cc1nnn(C)n1)c1cscn1. The van der Waals surface area contributed by atoms with Crippen LogP contribution in [0.2, 0.25) is 0 Å². The molecule has 6 nitrogen and oxygen atoms in total. The van der Waals surface area contributed by atoms with Crippen molar-refractivity contribution in [2.45, 2.75) is 12.5 Å². The van der Waals surface area contributed by atoms with Crippen molar-refractivity contribution in [3.63, 3.8) is 0 Å². The molecule has 2 rings (SSSR count). The first-order valence-corrected chi connectivity index (χ1v) is 5.52. The van der Waals surface area contributed by atoms with E-state index in [1.165, 1.54) is 4.80 Å². The van der Waals surface area contributed by atoms with Gasteiger partial charge < -0.3 is 5.32 Å². The van der Waals surface area contributed by atoms with Crippen LogP contribution in [0, 0.1) is 0 Å². The van der Waals surface area contributed by atoms with E-state index in [0.717, 1.165) is 11.5 Å². The van der Waals surface area contributed by atoms with Gasteiger partial charge >= 0.3 is 0 Å². The third-order valence-corrected chi connectivity index (χ3v) is 2.70. The van der Waals surface area contributed by atoms with Crippen molar-refractivity contribution in [2.75, 3.05) is 7.05 Å². The molecule has 0 aliphatic heterocycles. The molecule has 2 aromatic rings. The molecule has 1 atom stereocenters. The van der Waals surface area contributed by atoms with E-state index in [-0.39, 0.29) is 6.04 Å². The Hall–Kier alpha value is -1.34. The zero-order chi connectivity index (χ0) is 10.7. The molecule has 7 heteroatoms. The Morgan fingerprint density at radius 1 is 1.60 bits per heavy atom. The number of nitrogens with zero attached hydrogens (tertiary/aromatic N) is 5. The molecule has 2 heterocycles. The highest BCUT2D eigenvalue weighted by Crippen LogP contribution is 2.15. The van der Waals surface area contributed by atoms with Crippen LogP contribution in [0.3, 0.4) is 0 Å². The molecule has 0 aliphatic rings. The van der Waals surface area contributed by atoms with Gasteiger partial charge in [0.15, 0.2) is 5.82 Å². The zero-order valence-electron chi connectivity index (χ0n) is 8.58. The van der Waals surface area contributed by atoms with Gasteiger partial charge in [-0.15, -0.1) is 21.5 Å². The van der Waals surface area contributed by atoms with Crippen molar-refractivity contribution in [3.05, 3.63) is 22.4 Å². The van der Waals surface area contributed by atoms with Crippen LogP contribution in [0.15, 0.2) is 10.9 Å². The Morgan fingerprint density at radius 3 is 3.00 bits per heavy atom. The van der Waals surface area contributed by atoms with E-state index < -0.39 is 0 Å². The molecule has 15 heavy (non-hydrogen) atoms. The summed E-state index contributed by atoms with van der Waals surface area (Å²) in [5.41, 5.74) is 2.85. The van der Waals surface area contributed by atoms with Gasteiger partial charge in [-0.25, -0.2) is 4.98 Å². The molecule has 0 fully saturated rings. The van der Waals surface area contributed by atoms with Crippen molar-refractivity contribution in [3.8, 4) is 0 Å². The van der Waals surface area contributed by atoms with Gasteiger partial charge in [-0.05, 0) is 12.3 Å². The monoisotopic (exact) mass is 224 g/mol. The number of aromatic nitrogens is 5. The van der Waals surface area contributed by atoms with E-state index in [0.29, 0.717) is 6.42 Å². The summed E-state index contributed by atoms with van der Waals surface area (Å²) in [5, 5.41) is 17.1. The molecule has 2 aromatic heterocycles. The highest BCUT2D eigenvalue weighted by molar-refractivity contribution is 7.07. The van der Waals surface area contributed by atoms with Crippen molar-refractivity contribution >= 4 is 11.3 Å². The van der Waals surface area contributed by atoms with Gasteiger partial charge in [-0.3, -0.25) is 0 Å². The Labute approximate surface area is 91.3 Å². The molecule has 0 aromatic carbocycles. The first kappa shape index (κ1) is 10.2. The molecule has 1 N–H and O–H groups in total. The molecular formula is C8H12N6S. The molecular weight excluding hydrogens is 212 g/mol. The van der Waals surface area contributed by atoms with Gasteiger partial charge in [0, 0.05) is 11.8 Å². The minimum absolute atomic E-state index is 0.153. The van der Waals surface area contributed by atoms with Crippen LogP contribution < -0.4 is 5.32 Å². The second kappa shape index (κ2) is 4.45. The van der Waals surface area contributed by atoms with Crippen LogP contribution in [0.25, 0.3) is 0 Å². The zero-order valence-corrected chi connectivity index (χ0v) is 9.40. The first-order chi connectivity index (χ1) is 7.29.